The molecule has 0 atom stereocenters. The molecule has 0 N–H and O–H groups in total. The van der Waals surface area contributed by atoms with Crippen LogP contribution in [-0.4, -0.2) is 0 Å². The molecule has 0 bridgehead atoms. The molecule has 8 rings (SSSR count). The third-order valence-electron chi connectivity index (χ3n) is 10.6. The summed E-state index contributed by atoms with van der Waals surface area (Å²) in [5.41, 5.74) is 19.3. The predicted molar refractivity (Wildman–Crippen MR) is 252 cm³/mol. The second-order valence-corrected chi connectivity index (χ2v) is 14.7. The van der Waals surface area contributed by atoms with E-state index in [1.54, 1.807) is 0 Å². The molecule has 0 aliphatic heterocycles. The Morgan fingerprint density at radius 3 is 1.17 bits per heavy atom. The van der Waals surface area contributed by atoms with Gasteiger partial charge in [0.15, 0.2) is 0 Å². The summed E-state index contributed by atoms with van der Waals surface area (Å²) in [4.78, 5) is 0. The van der Waals surface area contributed by atoms with Crippen LogP contribution in [0.4, 0.5) is 0 Å². The van der Waals surface area contributed by atoms with Gasteiger partial charge in [-0.2, -0.15) is 0 Å². The van der Waals surface area contributed by atoms with Gasteiger partial charge in [-0.3, -0.25) is 0 Å². The molecule has 0 saturated heterocycles. The maximum Gasteiger partial charge on any atom is -0.0103 e. The van der Waals surface area contributed by atoms with Crippen LogP contribution in [0.3, 0.4) is 0 Å². The summed E-state index contributed by atoms with van der Waals surface area (Å²) in [6, 6.07) is 73.5. The van der Waals surface area contributed by atoms with Gasteiger partial charge in [0.05, 0.1) is 0 Å². The quantitative estimate of drug-likeness (QED) is 0.116. The van der Waals surface area contributed by atoms with Crippen LogP contribution in [0.15, 0.2) is 206 Å². The first kappa shape index (κ1) is 37.6. The smallest absolute Gasteiger partial charge is 0.0103 e. The molecule has 0 aliphatic rings. The van der Waals surface area contributed by atoms with Crippen molar-refractivity contribution in [3.63, 3.8) is 0 Å². The van der Waals surface area contributed by atoms with Crippen LogP contribution >= 0.6 is 0 Å². The van der Waals surface area contributed by atoms with Gasteiger partial charge in [-0.15, -0.1) is 0 Å². The van der Waals surface area contributed by atoms with Crippen molar-refractivity contribution in [1.82, 2.24) is 0 Å². The monoisotopic (exact) mass is 742 g/mol. The molecule has 0 heteroatoms. The van der Waals surface area contributed by atoms with Crippen molar-refractivity contribution >= 4 is 47.6 Å². The molecule has 0 spiro atoms. The summed E-state index contributed by atoms with van der Waals surface area (Å²) >= 11 is 0. The molecule has 8 aromatic carbocycles. The van der Waals surface area contributed by atoms with Crippen LogP contribution in [0.5, 0.6) is 0 Å². The van der Waals surface area contributed by atoms with E-state index in [2.05, 4.69) is 257 Å². The summed E-state index contributed by atoms with van der Waals surface area (Å²) in [7, 11) is 0. The Morgan fingerprint density at radius 2 is 0.707 bits per heavy atom. The Hall–Kier alpha value is -7.28. The van der Waals surface area contributed by atoms with Crippen molar-refractivity contribution in [2.75, 3.05) is 0 Å². The normalized spacial score (nSPS) is 12.0. The fourth-order valence-electron chi connectivity index (χ4n) is 7.41. The van der Waals surface area contributed by atoms with Gasteiger partial charge in [0.25, 0.3) is 0 Å². The van der Waals surface area contributed by atoms with Crippen molar-refractivity contribution in [3.8, 4) is 11.1 Å². The van der Waals surface area contributed by atoms with Crippen molar-refractivity contribution in [1.29, 1.82) is 0 Å². The molecule has 0 unspecified atom stereocenters. The Kier molecular flexibility index (Phi) is 11.8. The van der Waals surface area contributed by atoms with Crippen LogP contribution in [0.1, 0.15) is 66.8 Å². The highest BCUT2D eigenvalue weighted by atomic mass is 14.1. The molecular weight excluding hydrogens is 697 g/mol. The molecule has 0 heterocycles. The van der Waals surface area contributed by atoms with E-state index in [1.807, 2.05) is 0 Å². The average molecular weight is 743 g/mol. The van der Waals surface area contributed by atoms with Gasteiger partial charge in [0.2, 0.25) is 0 Å². The summed E-state index contributed by atoms with van der Waals surface area (Å²) < 4.78 is 0. The second kappa shape index (κ2) is 18.1. The molecular formula is C58H46. The SMILES string of the molecule is Cc1ccccc1C(=Cc1ccc(C=Cc2ccc(-c3ccccc3)cc2C=Cc2ccc(C=C(c3ccccc3)c3ccccc3C)cc2)cc1)c1ccccc1. The summed E-state index contributed by atoms with van der Waals surface area (Å²) in [6.45, 7) is 4.36. The van der Waals surface area contributed by atoms with Crippen molar-refractivity contribution in [2.24, 2.45) is 0 Å². The van der Waals surface area contributed by atoms with E-state index in [-0.39, 0.29) is 0 Å². The van der Waals surface area contributed by atoms with E-state index in [1.165, 1.54) is 66.8 Å². The Balaban J connectivity index is 1.07. The van der Waals surface area contributed by atoms with Gasteiger partial charge in [0, 0.05) is 0 Å². The van der Waals surface area contributed by atoms with E-state index < -0.39 is 0 Å². The first-order chi connectivity index (χ1) is 28.6. The number of aryl methyl sites for hydroxylation is 2. The molecule has 0 nitrogen and oxygen atoms in total. The first-order valence-corrected chi connectivity index (χ1v) is 20.0. The zero-order chi connectivity index (χ0) is 39.5. The van der Waals surface area contributed by atoms with Gasteiger partial charge in [-0.25, -0.2) is 0 Å². The lowest BCUT2D eigenvalue weighted by molar-refractivity contribution is 1.42. The Labute approximate surface area is 344 Å². The maximum absolute atomic E-state index is 2.30. The number of rotatable bonds is 11. The highest BCUT2D eigenvalue weighted by molar-refractivity contribution is 5.94. The highest BCUT2D eigenvalue weighted by Gasteiger charge is 2.10. The van der Waals surface area contributed by atoms with E-state index in [4.69, 9.17) is 0 Å². The Bertz CT molecular complexity index is 2730. The lowest BCUT2D eigenvalue weighted by Crippen LogP contribution is -1.91. The van der Waals surface area contributed by atoms with Crippen LogP contribution in [0.2, 0.25) is 0 Å². The van der Waals surface area contributed by atoms with Gasteiger partial charge in [-0.05, 0) is 121 Å². The minimum atomic E-state index is 1.15. The molecule has 0 saturated carbocycles. The molecule has 0 amide bonds. The zero-order valence-corrected chi connectivity index (χ0v) is 33.1. The van der Waals surface area contributed by atoms with E-state index >= 15 is 0 Å². The predicted octanol–water partition coefficient (Wildman–Crippen LogP) is 15.5. The topological polar surface area (TPSA) is 0 Å². The van der Waals surface area contributed by atoms with E-state index in [0.717, 1.165) is 22.3 Å². The largest absolute Gasteiger partial charge is 0.0622 e. The summed E-state index contributed by atoms with van der Waals surface area (Å²) in [5, 5.41) is 0. The molecule has 278 valence electrons. The van der Waals surface area contributed by atoms with Crippen LogP contribution in [0, 0.1) is 13.8 Å². The van der Waals surface area contributed by atoms with Gasteiger partial charge in [-0.1, -0.05) is 224 Å². The molecule has 0 aliphatic carbocycles. The Morgan fingerprint density at radius 1 is 0.310 bits per heavy atom. The first-order valence-electron chi connectivity index (χ1n) is 20.0. The lowest BCUT2D eigenvalue weighted by atomic mass is 9.92. The third-order valence-corrected chi connectivity index (χ3v) is 10.6. The van der Waals surface area contributed by atoms with Crippen molar-refractivity contribution < 1.29 is 0 Å². The van der Waals surface area contributed by atoms with E-state index in [0.29, 0.717) is 0 Å². The number of benzene rings is 8. The maximum atomic E-state index is 2.30. The third kappa shape index (κ3) is 9.22. The fraction of sp³-hybridized carbons (Fsp3) is 0.0345. The molecule has 0 fully saturated rings. The molecule has 8 aromatic rings. The van der Waals surface area contributed by atoms with Crippen molar-refractivity contribution in [2.45, 2.75) is 13.8 Å². The van der Waals surface area contributed by atoms with Gasteiger partial charge >= 0.3 is 0 Å². The van der Waals surface area contributed by atoms with Crippen molar-refractivity contribution in [3.05, 3.63) is 273 Å². The fourth-order valence-corrected chi connectivity index (χ4v) is 7.41. The average Bonchev–Trinajstić information content (AvgIpc) is 3.28. The lowest BCUT2D eigenvalue weighted by Gasteiger charge is -2.12. The highest BCUT2D eigenvalue weighted by Crippen LogP contribution is 2.31. The minimum absolute atomic E-state index is 1.15. The second-order valence-electron chi connectivity index (χ2n) is 14.7. The van der Waals surface area contributed by atoms with Crippen LogP contribution < -0.4 is 0 Å². The van der Waals surface area contributed by atoms with Gasteiger partial charge < -0.3 is 0 Å². The molecule has 58 heavy (non-hydrogen) atoms. The summed E-state index contributed by atoms with van der Waals surface area (Å²) in [6.07, 6.45) is 13.5. The summed E-state index contributed by atoms with van der Waals surface area (Å²) in [5.74, 6) is 0. The van der Waals surface area contributed by atoms with Crippen LogP contribution in [0.25, 0.3) is 58.7 Å². The van der Waals surface area contributed by atoms with E-state index in [9.17, 15) is 0 Å². The van der Waals surface area contributed by atoms with Crippen LogP contribution in [-0.2, 0) is 0 Å². The minimum Gasteiger partial charge on any atom is -0.0622 e. The molecule has 0 radical (unpaired) electrons. The molecule has 0 aromatic heterocycles. The standard InChI is InChI=1S/C58H46/c1-43-16-12-14-24-55(43)57(51-20-8-4-9-21-51)40-47-30-26-45(27-31-47)34-36-50-38-39-54(49-18-6-3-7-19-49)42-53(50)37-35-46-28-32-48(33-29-46)41-58(52-22-10-5-11-23-52)56-25-15-13-17-44(56)2/h3-42H,1-2H3. The number of hydrogen-bond acceptors (Lipinski definition) is 0. The zero-order valence-electron chi connectivity index (χ0n) is 33.1. The van der Waals surface area contributed by atoms with Gasteiger partial charge in [0.1, 0.15) is 0 Å². The number of hydrogen-bond donors (Lipinski definition) is 0.